The Balaban J connectivity index is 2.50. The zero-order chi connectivity index (χ0) is 13.8. The molecule has 1 N–H and O–H groups in total. The van der Waals surface area contributed by atoms with Gasteiger partial charge in [0.25, 0.3) is 0 Å². The molecular weight excluding hydrogens is 269 g/mol. The lowest BCUT2D eigenvalue weighted by molar-refractivity contribution is 0.384. The Morgan fingerprint density at radius 1 is 1.32 bits per heavy atom. The molecule has 1 unspecified atom stereocenters. The van der Waals surface area contributed by atoms with Gasteiger partial charge in [0.1, 0.15) is 11.5 Å². The van der Waals surface area contributed by atoms with Crippen molar-refractivity contribution in [1.82, 2.24) is 15.3 Å². The van der Waals surface area contributed by atoms with E-state index in [9.17, 15) is 4.39 Å². The highest BCUT2D eigenvalue weighted by atomic mass is 35.5. The first-order valence-corrected chi connectivity index (χ1v) is 6.02. The first-order valence-electron chi connectivity index (χ1n) is 5.64. The zero-order valence-corrected chi connectivity index (χ0v) is 11.3. The van der Waals surface area contributed by atoms with Crippen LogP contribution in [0.2, 0.25) is 5.02 Å². The van der Waals surface area contributed by atoms with Crippen molar-refractivity contribution in [3.8, 4) is 5.88 Å². The largest absolute Gasteiger partial charge is 0.480 e. The van der Waals surface area contributed by atoms with Crippen molar-refractivity contribution in [3.63, 3.8) is 0 Å². The quantitative estimate of drug-likeness (QED) is 0.936. The number of rotatable bonds is 4. The minimum Gasteiger partial charge on any atom is -0.480 e. The molecule has 19 heavy (non-hydrogen) atoms. The van der Waals surface area contributed by atoms with Gasteiger partial charge in [0.15, 0.2) is 0 Å². The highest BCUT2D eigenvalue weighted by Crippen LogP contribution is 2.31. The van der Waals surface area contributed by atoms with E-state index < -0.39 is 0 Å². The van der Waals surface area contributed by atoms with Gasteiger partial charge >= 0.3 is 0 Å². The van der Waals surface area contributed by atoms with E-state index in [0.717, 1.165) is 0 Å². The molecule has 0 saturated heterocycles. The molecule has 1 atom stereocenters. The van der Waals surface area contributed by atoms with Crippen molar-refractivity contribution in [2.45, 2.75) is 6.04 Å². The molecule has 1 heterocycles. The number of nitrogens with zero attached hydrogens (tertiary/aromatic N) is 2. The Labute approximate surface area is 115 Å². The molecule has 0 aliphatic rings. The number of ether oxygens (including phenoxy) is 1. The average molecular weight is 282 g/mol. The van der Waals surface area contributed by atoms with Crippen LogP contribution in [-0.4, -0.2) is 24.1 Å². The molecule has 0 saturated carbocycles. The Hall–Kier alpha value is -1.72. The van der Waals surface area contributed by atoms with Crippen molar-refractivity contribution in [2.75, 3.05) is 14.2 Å². The maximum Gasteiger partial charge on any atom is 0.237 e. The zero-order valence-electron chi connectivity index (χ0n) is 10.5. The van der Waals surface area contributed by atoms with Crippen LogP contribution in [-0.2, 0) is 0 Å². The first-order chi connectivity index (χ1) is 9.17. The van der Waals surface area contributed by atoms with Gasteiger partial charge in [-0.1, -0.05) is 17.7 Å². The van der Waals surface area contributed by atoms with E-state index in [1.807, 2.05) is 0 Å². The molecule has 2 aromatic rings. The predicted octanol–water partition coefficient (Wildman–Crippen LogP) is 2.59. The number of halogens is 2. The second-order valence-corrected chi connectivity index (χ2v) is 4.25. The Bertz CT molecular complexity index is 580. The van der Waals surface area contributed by atoms with Crippen molar-refractivity contribution in [2.24, 2.45) is 0 Å². The number of aromatic nitrogens is 2. The van der Waals surface area contributed by atoms with Crippen molar-refractivity contribution >= 4 is 11.6 Å². The van der Waals surface area contributed by atoms with E-state index >= 15 is 0 Å². The van der Waals surface area contributed by atoms with Gasteiger partial charge in [-0.25, -0.2) is 9.37 Å². The lowest BCUT2D eigenvalue weighted by Gasteiger charge is -2.18. The molecule has 1 aromatic heterocycles. The number of methoxy groups -OCH3 is 1. The topological polar surface area (TPSA) is 47.0 Å². The molecule has 0 spiro atoms. The molecule has 4 nitrogen and oxygen atoms in total. The van der Waals surface area contributed by atoms with Gasteiger partial charge in [0, 0.05) is 17.4 Å². The lowest BCUT2D eigenvalue weighted by Crippen LogP contribution is -2.20. The van der Waals surface area contributed by atoms with Crippen molar-refractivity contribution < 1.29 is 9.13 Å². The van der Waals surface area contributed by atoms with E-state index in [-0.39, 0.29) is 11.9 Å². The monoisotopic (exact) mass is 281 g/mol. The first kappa shape index (κ1) is 13.7. The summed E-state index contributed by atoms with van der Waals surface area (Å²) in [5.41, 5.74) is 1.31. The van der Waals surface area contributed by atoms with E-state index in [2.05, 4.69) is 15.3 Å². The van der Waals surface area contributed by atoms with Crippen LogP contribution in [0.1, 0.15) is 17.3 Å². The summed E-state index contributed by atoms with van der Waals surface area (Å²) in [5, 5.41) is 3.41. The molecule has 0 aliphatic heterocycles. The molecular formula is C13H13ClFN3O. The predicted molar refractivity (Wildman–Crippen MR) is 70.9 cm³/mol. The summed E-state index contributed by atoms with van der Waals surface area (Å²) < 4.78 is 18.3. The fourth-order valence-electron chi connectivity index (χ4n) is 1.87. The van der Waals surface area contributed by atoms with Crippen LogP contribution < -0.4 is 10.1 Å². The third kappa shape index (κ3) is 2.83. The van der Waals surface area contributed by atoms with Crippen LogP contribution in [0.3, 0.4) is 0 Å². The highest BCUT2D eigenvalue weighted by molar-refractivity contribution is 6.31. The second kappa shape index (κ2) is 5.95. The number of benzene rings is 1. The van der Waals surface area contributed by atoms with Crippen LogP contribution in [0.5, 0.6) is 5.88 Å². The van der Waals surface area contributed by atoms with Gasteiger partial charge in [-0.05, 0) is 24.7 Å². The van der Waals surface area contributed by atoms with Crippen LogP contribution in [0, 0.1) is 5.82 Å². The summed E-state index contributed by atoms with van der Waals surface area (Å²) in [6.45, 7) is 0. The smallest absolute Gasteiger partial charge is 0.237 e. The third-order valence-corrected chi connectivity index (χ3v) is 3.05. The molecule has 2 rings (SSSR count). The Morgan fingerprint density at radius 3 is 2.68 bits per heavy atom. The maximum atomic E-state index is 13.1. The molecule has 0 bridgehead atoms. The second-order valence-electron chi connectivity index (χ2n) is 3.84. The standard InChI is InChI=1S/C13H13ClFN3O/c1-16-11(9-4-3-8(15)7-10(9)14)12-13(19-2)18-6-5-17-12/h3-7,11,16H,1-2H3. The maximum absolute atomic E-state index is 13.1. The lowest BCUT2D eigenvalue weighted by atomic mass is 10.0. The fourth-order valence-corrected chi connectivity index (χ4v) is 2.14. The van der Waals surface area contributed by atoms with Crippen LogP contribution in [0.25, 0.3) is 0 Å². The van der Waals surface area contributed by atoms with E-state index in [1.54, 1.807) is 25.5 Å². The van der Waals surface area contributed by atoms with Gasteiger partial charge in [0.05, 0.1) is 13.2 Å². The molecule has 0 amide bonds. The minimum atomic E-state index is -0.380. The number of hydrogen-bond donors (Lipinski definition) is 1. The molecule has 0 aliphatic carbocycles. The number of hydrogen-bond acceptors (Lipinski definition) is 4. The summed E-state index contributed by atoms with van der Waals surface area (Å²) in [6.07, 6.45) is 3.11. The van der Waals surface area contributed by atoms with Gasteiger partial charge in [0.2, 0.25) is 5.88 Å². The molecule has 0 fully saturated rings. The Morgan fingerprint density at radius 2 is 2.05 bits per heavy atom. The summed E-state index contributed by atoms with van der Waals surface area (Å²) in [6, 6.07) is 3.92. The van der Waals surface area contributed by atoms with E-state index in [1.165, 1.54) is 19.2 Å². The summed E-state index contributed by atoms with van der Waals surface area (Å²) in [7, 11) is 3.28. The molecule has 0 radical (unpaired) electrons. The van der Waals surface area contributed by atoms with Crippen LogP contribution in [0.15, 0.2) is 30.6 Å². The average Bonchev–Trinajstić information content (AvgIpc) is 2.42. The van der Waals surface area contributed by atoms with Crippen molar-refractivity contribution in [3.05, 3.63) is 52.7 Å². The van der Waals surface area contributed by atoms with Gasteiger partial charge in [-0.3, -0.25) is 4.98 Å². The molecule has 1 aromatic carbocycles. The molecule has 100 valence electrons. The van der Waals surface area contributed by atoms with Gasteiger partial charge in [-0.2, -0.15) is 0 Å². The summed E-state index contributed by atoms with van der Waals surface area (Å²) in [5.74, 6) is 0.0250. The number of nitrogens with one attached hydrogen (secondary N) is 1. The molecule has 6 heteroatoms. The summed E-state index contributed by atoms with van der Waals surface area (Å²) in [4.78, 5) is 8.36. The highest BCUT2D eigenvalue weighted by Gasteiger charge is 2.21. The minimum absolute atomic E-state index is 0.322. The van der Waals surface area contributed by atoms with Crippen molar-refractivity contribution in [1.29, 1.82) is 0 Å². The van der Waals surface area contributed by atoms with E-state index in [0.29, 0.717) is 22.2 Å². The van der Waals surface area contributed by atoms with Gasteiger partial charge < -0.3 is 10.1 Å². The van der Waals surface area contributed by atoms with Gasteiger partial charge in [-0.15, -0.1) is 0 Å². The normalized spacial score (nSPS) is 12.2. The van der Waals surface area contributed by atoms with Crippen LogP contribution >= 0.6 is 11.6 Å². The summed E-state index contributed by atoms with van der Waals surface area (Å²) >= 11 is 6.08. The van der Waals surface area contributed by atoms with Crippen LogP contribution in [0.4, 0.5) is 4.39 Å². The van der Waals surface area contributed by atoms with E-state index in [4.69, 9.17) is 16.3 Å². The SMILES string of the molecule is CNC(c1ccc(F)cc1Cl)c1nccnc1OC. The fraction of sp³-hybridized carbons (Fsp3) is 0.231. The Kier molecular flexibility index (Phi) is 4.29. The third-order valence-electron chi connectivity index (χ3n) is 2.72.